The number of nitrogens with one attached hydrogen (secondary N) is 1. The molecule has 2 heterocycles. The Bertz CT molecular complexity index is 645. The molecule has 0 saturated heterocycles. The van der Waals surface area contributed by atoms with Crippen LogP contribution in [0.2, 0.25) is 0 Å². The lowest BCUT2D eigenvalue weighted by Gasteiger charge is -2.10. The number of aliphatic hydroxyl groups excluding tert-OH is 1. The number of rotatable bonds is 4. The fourth-order valence-corrected chi connectivity index (χ4v) is 3.37. The molecular weight excluding hydrogens is 250 g/mol. The maximum Gasteiger partial charge on any atom is 0.0625 e. The zero-order valence-corrected chi connectivity index (χ0v) is 12.2. The second-order valence-corrected chi connectivity index (χ2v) is 5.68. The number of aryl methyl sites for hydroxylation is 1. The van der Waals surface area contributed by atoms with E-state index in [1.165, 1.54) is 27.7 Å². The number of aromatic nitrogens is 1. The highest BCUT2D eigenvalue weighted by Crippen LogP contribution is 2.33. The van der Waals surface area contributed by atoms with E-state index in [0.717, 1.165) is 31.6 Å². The van der Waals surface area contributed by atoms with Gasteiger partial charge in [0.15, 0.2) is 0 Å². The zero-order chi connectivity index (χ0) is 14.3. The van der Waals surface area contributed by atoms with Gasteiger partial charge in [0.25, 0.3) is 0 Å². The van der Waals surface area contributed by atoms with Gasteiger partial charge >= 0.3 is 0 Å². The summed E-state index contributed by atoms with van der Waals surface area (Å²) in [5.41, 5.74) is 12.4. The molecule has 2 aromatic rings. The highest BCUT2D eigenvalue weighted by atomic mass is 16.3. The fraction of sp³-hybridized carbons (Fsp3) is 0.500. The maximum atomic E-state index is 9.46. The van der Waals surface area contributed by atoms with Gasteiger partial charge in [-0.3, -0.25) is 0 Å². The van der Waals surface area contributed by atoms with E-state index in [1.54, 1.807) is 0 Å². The molecule has 108 valence electrons. The normalized spacial score (nSPS) is 15.8. The van der Waals surface area contributed by atoms with Crippen LogP contribution in [0.4, 0.5) is 0 Å². The first-order valence-electron chi connectivity index (χ1n) is 7.39. The van der Waals surface area contributed by atoms with Gasteiger partial charge in [-0.15, -0.1) is 0 Å². The van der Waals surface area contributed by atoms with E-state index in [0.29, 0.717) is 0 Å². The summed E-state index contributed by atoms with van der Waals surface area (Å²) in [7, 11) is 0. The first-order chi connectivity index (χ1) is 9.67. The molecule has 0 amide bonds. The van der Waals surface area contributed by atoms with Crippen molar-refractivity contribution in [1.82, 2.24) is 9.88 Å². The van der Waals surface area contributed by atoms with Crippen LogP contribution in [0.15, 0.2) is 12.1 Å². The fourth-order valence-electron chi connectivity index (χ4n) is 3.37. The summed E-state index contributed by atoms with van der Waals surface area (Å²) in [5.74, 6) is 0. The smallest absolute Gasteiger partial charge is 0.0625 e. The summed E-state index contributed by atoms with van der Waals surface area (Å²) in [4.78, 5) is 0. The Kier molecular flexibility index (Phi) is 3.54. The summed E-state index contributed by atoms with van der Waals surface area (Å²) >= 11 is 0. The second kappa shape index (κ2) is 5.20. The van der Waals surface area contributed by atoms with E-state index in [4.69, 9.17) is 5.73 Å². The van der Waals surface area contributed by atoms with E-state index >= 15 is 0 Å². The molecule has 4 nitrogen and oxygen atoms in total. The van der Waals surface area contributed by atoms with Gasteiger partial charge in [-0.25, -0.2) is 0 Å². The number of aliphatic hydroxyl groups is 1. The quantitative estimate of drug-likeness (QED) is 0.798. The Labute approximate surface area is 119 Å². The van der Waals surface area contributed by atoms with E-state index in [1.807, 2.05) is 0 Å². The third-order valence-electron chi connectivity index (χ3n) is 4.34. The summed E-state index contributed by atoms with van der Waals surface area (Å²) in [5, 5.41) is 14.1. The van der Waals surface area contributed by atoms with Crippen molar-refractivity contribution < 1.29 is 5.11 Å². The average molecular weight is 273 g/mol. The molecule has 1 aromatic carbocycles. The Morgan fingerprint density at radius 1 is 1.35 bits per heavy atom. The maximum absolute atomic E-state index is 9.46. The van der Waals surface area contributed by atoms with Crippen LogP contribution in [-0.2, 0) is 19.6 Å². The molecule has 0 aliphatic carbocycles. The molecular formula is C16H23N3O. The van der Waals surface area contributed by atoms with Crippen molar-refractivity contribution >= 4 is 10.9 Å². The lowest BCUT2D eigenvalue weighted by atomic mass is 10.0. The summed E-state index contributed by atoms with van der Waals surface area (Å²) in [6.45, 7) is 7.16. The van der Waals surface area contributed by atoms with Gasteiger partial charge in [-0.1, -0.05) is 6.92 Å². The lowest BCUT2D eigenvalue weighted by Crippen LogP contribution is -2.15. The highest BCUT2D eigenvalue weighted by Gasteiger charge is 2.21. The van der Waals surface area contributed by atoms with E-state index in [-0.39, 0.29) is 12.6 Å². The van der Waals surface area contributed by atoms with Crippen LogP contribution in [0, 0.1) is 6.92 Å². The molecule has 1 unspecified atom stereocenters. The molecule has 0 fully saturated rings. The standard InChI is InChI=1S/C16H23N3O/c1-3-4-19-10(2)16(14(17)9-20)13-5-11-7-18-8-12(11)6-15(13)19/h5-6,14,18,20H,3-4,7-9,17H2,1-2H3. The van der Waals surface area contributed by atoms with Crippen LogP contribution in [0.1, 0.15) is 41.8 Å². The molecule has 3 rings (SSSR count). The van der Waals surface area contributed by atoms with Crippen molar-refractivity contribution in [2.24, 2.45) is 5.73 Å². The third kappa shape index (κ3) is 1.95. The predicted octanol–water partition coefficient (Wildman–Crippen LogP) is 1.96. The van der Waals surface area contributed by atoms with Crippen LogP contribution in [-0.4, -0.2) is 16.3 Å². The first-order valence-corrected chi connectivity index (χ1v) is 7.39. The predicted molar refractivity (Wildman–Crippen MR) is 81.5 cm³/mol. The average Bonchev–Trinajstić information content (AvgIpc) is 3.00. The monoisotopic (exact) mass is 273 g/mol. The minimum Gasteiger partial charge on any atom is -0.394 e. The largest absolute Gasteiger partial charge is 0.394 e. The Hall–Kier alpha value is -1.36. The number of nitrogens with two attached hydrogens (primary N) is 1. The van der Waals surface area contributed by atoms with Crippen molar-refractivity contribution in [3.63, 3.8) is 0 Å². The minimum atomic E-state index is -0.303. The van der Waals surface area contributed by atoms with Crippen LogP contribution >= 0.6 is 0 Å². The van der Waals surface area contributed by atoms with Crippen LogP contribution in [0.25, 0.3) is 10.9 Å². The summed E-state index contributed by atoms with van der Waals surface area (Å²) < 4.78 is 2.35. The van der Waals surface area contributed by atoms with Gasteiger partial charge in [0.05, 0.1) is 12.6 Å². The van der Waals surface area contributed by atoms with Gasteiger partial charge in [0.1, 0.15) is 0 Å². The molecule has 0 bridgehead atoms. The molecule has 20 heavy (non-hydrogen) atoms. The van der Waals surface area contributed by atoms with Crippen molar-refractivity contribution in [3.05, 3.63) is 34.5 Å². The molecule has 1 aromatic heterocycles. The highest BCUT2D eigenvalue weighted by molar-refractivity contribution is 5.88. The van der Waals surface area contributed by atoms with Gasteiger partial charge < -0.3 is 20.7 Å². The molecule has 1 aliphatic heterocycles. The molecule has 1 atom stereocenters. The third-order valence-corrected chi connectivity index (χ3v) is 4.34. The topological polar surface area (TPSA) is 63.2 Å². The van der Waals surface area contributed by atoms with Gasteiger partial charge in [0.2, 0.25) is 0 Å². The van der Waals surface area contributed by atoms with Crippen LogP contribution in [0.5, 0.6) is 0 Å². The van der Waals surface area contributed by atoms with Crippen molar-refractivity contribution in [3.8, 4) is 0 Å². The Morgan fingerprint density at radius 3 is 2.70 bits per heavy atom. The number of benzene rings is 1. The molecule has 0 spiro atoms. The van der Waals surface area contributed by atoms with Gasteiger partial charge in [-0.2, -0.15) is 0 Å². The second-order valence-electron chi connectivity index (χ2n) is 5.68. The first kappa shape index (κ1) is 13.6. The summed E-state index contributed by atoms with van der Waals surface area (Å²) in [6, 6.07) is 4.25. The molecule has 4 heteroatoms. The SMILES string of the molecule is CCCn1c(C)c(C(N)CO)c2cc3c(cc21)CNC3. The van der Waals surface area contributed by atoms with E-state index in [9.17, 15) is 5.11 Å². The Morgan fingerprint density at radius 2 is 2.05 bits per heavy atom. The number of nitrogens with zero attached hydrogens (tertiary/aromatic N) is 1. The summed E-state index contributed by atoms with van der Waals surface area (Å²) in [6.07, 6.45) is 1.09. The van der Waals surface area contributed by atoms with E-state index in [2.05, 4.69) is 35.9 Å². The molecule has 0 saturated carbocycles. The number of fused-ring (bicyclic) bond motifs is 2. The molecule has 4 N–H and O–H groups in total. The molecule has 0 radical (unpaired) electrons. The van der Waals surface area contributed by atoms with Gasteiger partial charge in [-0.05, 0) is 42.2 Å². The number of hydrogen-bond donors (Lipinski definition) is 3. The minimum absolute atomic E-state index is 0.0125. The lowest BCUT2D eigenvalue weighted by molar-refractivity contribution is 0.268. The van der Waals surface area contributed by atoms with Crippen molar-refractivity contribution in [1.29, 1.82) is 0 Å². The van der Waals surface area contributed by atoms with Crippen LogP contribution in [0.3, 0.4) is 0 Å². The zero-order valence-electron chi connectivity index (χ0n) is 12.2. The van der Waals surface area contributed by atoms with Crippen LogP contribution < -0.4 is 11.1 Å². The van der Waals surface area contributed by atoms with Crippen molar-refractivity contribution in [2.45, 2.75) is 45.9 Å². The van der Waals surface area contributed by atoms with Gasteiger partial charge in [0, 0.05) is 36.2 Å². The Balaban J connectivity index is 2.29. The molecule has 1 aliphatic rings. The van der Waals surface area contributed by atoms with Crippen molar-refractivity contribution in [2.75, 3.05) is 6.61 Å². The van der Waals surface area contributed by atoms with E-state index < -0.39 is 0 Å². The number of hydrogen-bond acceptors (Lipinski definition) is 3.